The third-order valence-corrected chi connectivity index (χ3v) is 4.93. The van der Waals surface area contributed by atoms with Crippen LogP contribution in [0.25, 0.3) is 17.1 Å². The monoisotopic (exact) mass is 424 g/mol. The molecular formula is C24H20N6O2. The molecule has 0 fully saturated rings. The highest BCUT2D eigenvalue weighted by Crippen LogP contribution is 2.28. The van der Waals surface area contributed by atoms with Crippen LogP contribution in [0.3, 0.4) is 0 Å². The molecule has 0 saturated heterocycles. The summed E-state index contributed by atoms with van der Waals surface area (Å²) in [6.07, 6.45) is 1.64. The van der Waals surface area contributed by atoms with Crippen LogP contribution in [0, 0.1) is 11.3 Å². The molecular weight excluding hydrogens is 404 g/mol. The molecule has 3 N–H and O–H groups in total. The Morgan fingerprint density at radius 2 is 1.88 bits per heavy atom. The summed E-state index contributed by atoms with van der Waals surface area (Å²) in [5, 5.41) is 17.0. The first-order valence-corrected chi connectivity index (χ1v) is 9.83. The van der Waals surface area contributed by atoms with Gasteiger partial charge in [-0.3, -0.25) is 4.79 Å². The number of benzene rings is 2. The normalized spacial score (nSPS) is 10.4. The topological polar surface area (TPSA) is 119 Å². The van der Waals surface area contributed by atoms with Crippen molar-refractivity contribution in [3.8, 4) is 28.9 Å². The molecule has 0 spiro atoms. The third-order valence-electron chi connectivity index (χ3n) is 4.93. The van der Waals surface area contributed by atoms with Gasteiger partial charge in [-0.2, -0.15) is 15.0 Å². The zero-order valence-electron chi connectivity index (χ0n) is 17.3. The number of anilines is 1. The fraction of sp³-hybridized carbons (Fsp3) is 0.0833. The van der Waals surface area contributed by atoms with Gasteiger partial charge in [0.15, 0.2) is 5.82 Å². The number of nitriles is 1. The van der Waals surface area contributed by atoms with Gasteiger partial charge in [0.2, 0.25) is 0 Å². The average Bonchev–Trinajstić information content (AvgIpc) is 3.19. The van der Waals surface area contributed by atoms with Gasteiger partial charge in [0.1, 0.15) is 28.9 Å². The Morgan fingerprint density at radius 1 is 1.12 bits per heavy atom. The molecule has 0 radical (unpaired) electrons. The van der Waals surface area contributed by atoms with E-state index in [1.54, 1.807) is 36.5 Å². The molecule has 2 heterocycles. The summed E-state index contributed by atoms with van der Waals surface area (Å²) >= 11 is 0. The van der Waals surface area contributed by atoms with Gasteiger partial charge in [-0.05, 0) is 29.8 Å². The number of nitrogen functional groups attached to an aromatic ring is 1. The highest BCUT2D eigenvalue weighted by atomic mass is 16.5. The number of nitrogens with one attached hydrogen (secondary N) is 1. The maximum absolute atomic E-state index is 12.5. The lowest BCUT2D eigenvalue weighted by atomic mass is 10.1. The van der Waals surface area contributed by atoms with E-state index in [1.807, 2.05) is 36.4 Å². The number of amides is 1. The van der Waals surface area contributed by atoms with E-state index in [2.05, 4.69) is 21.5 Å². The number of methoxy groups -OCH3 is 1. The number of carbonyl (C=O) groups is 1. The number of ether oxygens (including phenoxy) is 1. The molecule has 32 heavy (non-hydrogen) atoms. The summed E-state index contributed by atoms with van der Waals surface area (Å²) in [6, 6.07) is 22.0. The number of rotatable bonds is 6. The third kappa shape index (κ3) is 4.00. The van der Waals surface area contributed by atoms with Crippen molar-refractivity contribution >= 4 is 11.7 Å². The van der Waals surface area contributed by atoms with Gasteiger partial charge < -0.3 is 15.8 Å². The number of pyridine rings is 1. The standard InChI is InChI=1S/C24H20N6O2/c1-32-20-7-3-2-6-18(20)24(31)28-15-16-9-11-17(12-10-16)22-19(14-25)23(26)30(29-22)21-8-4-5-13-27-21/h2-13H,15,26H2,1H3,(H,28,31). The lowest BCUT2D eigenvalue weighted by Crippen LogP contribution is -2.23. The van der Waals surface area contributed by atoms with E-state index in [4.69, 9.17) is 10.5 Å². The van der Waals surface area contributed by atoms with Crippen molar-refractivity contribution in [3.05, 3.63) is 89.6 Å². The van der Waals surface area contributed by atoms with Gasteiger partial charge >= 0.3 is 0 Å². The molecule has 0 aliphatic heterocycles. The van der Waals surface area contributed by atoms with Crippen molar-refractivity contribution in [2.24, 2.45) is 0 Å². The smallest absolute Gasteiger partial charge is 0.255 e. The Kier molecular flexibility index (Phi) is 5.81. The van der Waals surface area contributed by atoms with Crippen molar-refractivity contribution in [1.82, 2.24) is 20.1 Å². The molecule has 4 aromatic rings. The van der Waals surface area contributed by atoms with E-state index in [0.29, 0.717) is 29.4 Å². The second-order valence-corrected chi connectivity index (χ2v) is 6.90. The van der Waals surface area contributed by atoms with E-state index >= 15 is 0 Å². The first kappa shape index (κ1) is 20.6. The Balaban J connectivity index is 1.53. The summed E-state index contributed by atoms with van der Waals surface area (Å²) < 4.78 is 6.69. The number of aromatic nitrogens is 3. The van der Waals surface area contributed by atoms with Gasteiger partial charge in [-0.1, -0.05) is 42.5 Å². The Morgan fingerprint density at radius 3 is 2.56 bits per heavy atom. The van der Waals surface area contributed by atoms with E-state index in [-0.39, 0.29) is 17.3 Å². The second-order valence-electron chi connectivity index (χ2n) is 6.90. The molecule has 0 aliphatic carbocycles. The molecule has 8 heteroatoms. The minimum Gasteiger partial charge on any atom is -0.496 e. The summed E-state index contributed by atoms with van der Waals surface area (Å²) in [7, 11) is 1.53. The number of hydrogen-bond acceptors (Lipinski definition) is 6. The molecule has 158 valence electrons. The van der Waals surface area contributed by atoms with Crippen molar-refractivity contribution in [3.63, 3.8) is 0 Å². The van der Waals surface area contributed by atoms with Crippen LogP contribution in [0.4, 0.5) is 5.82 Å². The highest BCUT2D eigenvalue weighted by molar-refractivity contribution is 5.96. The van der Waals surface area contributed by atoms with Crippen LogP contribution in [0.15, 0.2) is 72.9 Å². The van der Waals surface area contributed by atoms with Gasteiger partial charge in [-0.15, -0.1) is 0 Å². The van der Waals surface area contributed by atoms with Crippen molar-refractivity contribution < 1.29 is 9.53 Å². The van der Waals surface area contributed by atoms with E-state index in [0.717, 1.165) is 11.1 Å². The lowest BCUT2D eigenvalue weighted by molar-refractivity contribution is 0.0948. The predicted octanol–water partition coefficient (Wildman–Crippen LogP) is 3.33. The van der Waals surface area contributed by atoms with Crippen LogP contribution in [0.5, 0.6) is 5.75 Å². The first-order valence-electron chi connectivity index (χ1n) is 9.83. The quantitative estimate of drug-likeness (QED) is 0.490. The second kappa shape index (κ2) is 9.02. The van der Waals surface area contributed by atoms with E-state index in [1.165, 1.54) is 11.8 Å². The minimum atomic E-state index is -0.222. The molecule has 0 atom stereocenters. The highest BCUT2D eigenvalue weighted by Gasteiger charge is 2.18. The summed E-state index contributed by atoms with van der Waals surface area (Å²) in [5.74, 6) is 1.06. The van der Waals surface area contributed by atoms with Crippen LogP contribution in [-0.4, -0.2) is 27.8 Å². The maximum atomic E-state index is 12.5. The lowest BCUT2D eigenvalue weighted by Gasteiger charge is -2.09. The molecule has 2 aromatic heterocycles. The van der Waals surface area contributed by atoms with Crippen LogP contribution in [0.1, 0.15) is 21.5 Å². The zero-order valence-corrected chi connectivity index (χ0v) is 17.3. The molecule has 8 nitrogen and oxygen atoms in total. The van der Waals surface area contributed by atoms with Gasteiger partial charge in [0, 0.05) is 18.3 Å². The first-order chi connectivity index (χ1) is 15.6. The summed E-state index contributed by atoms with van der Waals surface area (Å²) in [4.78, 5) is 16.7. The molecule has 0 unspecified atom stereocenters. The Hall–Kier alpha value is -4.64. The van der Waals surface area contributed by atoms with Crippen LogP contribution in [0.2, 0.25) is 0 Å². The number of nitrogens with two attached hydrogens (primary N) is 1. The van der Waals surface area contributed by atoms with E-state index < -0.39 is 0 Å². The number of hydrogen-bond donors (Lipinski definition) is 2. The van der Waals surface area contributed by atoms with Crippen molar-refractivity contribution in [1.29, 1.82) is 5.26 Å². The Labute approximate surface area is 184 Å². The number of para-hydroxylation sites is 1. The largest absolute Gasteiger partial charge is 0.496 e. The van der Waals surface area contributed by atoms with Crippen LogP contribution >= 0.6 is 0 Å². The minimum absolute atomic E-state index is 0.222. The summed E-state index contributed by atoms with van der Waals surface area (Å²) in [5.41, 5.74) is 9.02. The van der Waals surface area contributed by atoms with Crippen LogP contribution < -0.4 is 15.8 Å². The SMILES string of the molecule is COc1ccccc1C(=O)NCc1ccc(-c2nn(-c3ccccn3)c(N)c2C#N)cc1. The molecule has 0 saturated carbocycles. The zero-order chi connectivity index (χ0) is 22.5. The number of nitrogens with zero attached hydrogens (tertiary/aromatic N) is 4. The van der Waals surface area contributed by atoms with Gasteiger partial charge in [0.25, 0.3) is 5.91 Å². The fourth-order valence-electron chi connectivity index (χ4n) is 3.29. The molecule has 1 amide bonds. The van der Waals surface area contributed by atoms with E-state index in [9.17, 15) is 10.1 Å². The number of carbonyl (C=O) groups excluding carboxylic acids is 1. The molecule has 0 bridgehead atoms. The van der Waals surface area contributed by atoms with Gasteiger partial charge in [-0.25, -0.2) is 4.98 Å². The summed E-state index contributed by atoms with van der Waals surface area (Å²) in [6.45, 7) is 0.340. The fourth-order valence-corrected chi connectivity index (χ4v) is 3.29. The van der Waals surface area contributed by atoms with Gasteiger partial charge in [0.05, 0.1) is 12.7 Å². The molecule has 2 aromatic carbocycles. The van der Waals surface area contributed by atoms with Crippen LogP contribution in [-0.2, 0) is 6.54 Å². The molecule has 4 rings (SSSR count). The molecule has 0 aliphatic rings. The Bertz CT molecular complexity index is 1290. The maximum Gasteiger partial charge on any atom is 0.255 e. The predicted molar refractivity (Wildman–Crippen MR) is 120 cm³/mol. The van der Waals surface area contributed by atoms with Crippen molar-refractivity contribution in [2.75, 3.05) is 12.8 Å². The van der Waals surface area contributed by atoms with Crippen molar-refractivity contribution in [2.45, 2.75) is 6.54 Å². The average molecular weight is 424 g/mol.